The van der Waals surface area contributed by atoms with E-state index in [1.807, 2.05) is 24.3 Å². The van der Waals surface area contributed by atoms with Crippen LogP contribution in [-0.4, -0.2) is 136 Å². The van der Waals surface area contributed by atoms with Crippen molar-refractivity contribution in [1.29, 1.82) is 0 Å². The Balaban J connectivity index is 0.000000553. The number of rotatable bonds is 12. The molecule has 0 bridgehead atoms. The molecule has 1 aliphatic rings. The van der Waals surface area contributed by atoms with E-state index in [0.717, 1.165) is 16.7 Å². The van der Waals surface area contributed by atoms with Crippen LogP contribution in [0.4, 0.5) is 10.7 Å². The number of piperazine rings is 1. The average Bonchev–Trinajstić information content (AvgIpc) is 3.02. The number of anilines is 1. The molecule has 1 aromatic heterocycles. The van der Waals surface area contributed by atoms with Crippen molar-refractivity contribution in [2.24, 2.45) is 5.73 Å². The Morgan fingerprint density at radius 1 is 0.977 bits per heavy atom. The number of methoxy groups -OCH3 is 1. The molecule has 2 atom stereocenters. The monoisotopic (exact) mass is 606 g/mol. The zero-order chi connectivity index (χ0) is 31.9. The third-order valence-corrected chi connectivity index (χ3v) is 6.26. The van der Waals surface area contributed by atoms with Crippen LogP contribution in [0.25, 0.3) is 11.1 Å². The van der Waals surface area contributed by atoms with Gasteiger partial charge in [-0.2, -0.15) is 0 Å². The van der Waals surface area contributed by atoms with Crippen LogP contribution in [0.15, 0.2) is 36.7 Å². The van der Waals surface area contributed by atoms with Gasteiger partial charge in [-0.1, -0.05) is 18.2 Å². The summed E-state index contributed by atoms with van der Waals surface area (Å²) in [5.74, 6) is -3.01. The molecule has 0 spiro atoms. The van der Waals surface area contributed by atoms with Gasteiger partial charge in [-0.15, -0.1) is 0 Å². The van der Waals surface area contributed by atoms with Gasteiger partial charge in [-0.05, 0) is 17.2 Å². The van der Waals surface area contributed by atoms with Crippen molar-refractivity contribution in [2.75, 3.05) is 65.0 Å². The number of aliphatic carboxylic acids is 2. The van der Waals surface area contributed by atoms with Gasteiger partial charge in [0.1, 0.15) is 0 Å². The summed E-state index contributed by atoms with van der Waals surface area (Å²) >= 11 is 0. The predicted molar refractivity (Wildman–Crippen MR) is 152 cm³/mol. The number of likely N-dealkylation sites (N-methyl/N-ethyl adjacent to an activating group) is 1. The van der Waals surface area contributed by atoms with Gasteiger partial charge in [0.2, 0.25) is 11.9 Å². The second-order valence-corrected chi connectivity index (χ2v) is 9.43. The Morgan fingerprint density at radius 3 is 2.12 bits per heavy atom. The second kappa shape index (κ2) is 17.5. The number of carbonyl (C=O) groups excluding carboxylic acids is 2. The fourth-order valence-electron chi connectivity index (χ4n) is 3.81. The van der Waals surface area contributed by atoms with Gasteiger partial charge in [0.05, 0.1) is 13.2 Å². The standard InChI is InChI=1S/C23H32N6O4.C4H6O6/c1-27(21(30)14-24)17-18-5-3-6-19(13-18)20-15-25-22(26-16-20)28-7-9-29(10-8-28)23(31)33-12-4-11-32-2;5-1(3(7)8)2(6)4(9)10/h3,5-6,13,15-16H,4,7-12,14,17,24H2,1-2H3;1-2,5-6H,(H,7,8)(H,9,10). The molecule has 16 heteroatoms. The molecule has 6 N–H and O–H groups in total. The molecule has 1 fully saturated rings. The van der Waals surface area contributed by atoms with E-state index in [1.165, 1.54) is 0 Å². The molecule has 16 nitrogen and oxygen atoms in total. The molecule has 2 amide bonds. The maximum Gasteiger partial charge on any atom is 0.409 e. The number of benzene rings is 1. The van der Waals surface area contributed by atoms with Gasteiger partial charge < -0.3 is 50.3 Å². The molecule has 0 radical (unpaired) electrons. The summed E-state index contributed by atoms with van der Waals surface area (Å²) in [6.45, 7) is 3.82. The topological polar surface area (TPSA) is 229 Å². The molecule has 1 aromatic carbocycles. The number of hydrogen-bond donors (Lipinski definition) is 5. The third kappa shape index (κ3) is 11.1. The number of hydrogen-bond acceptors (Lipinski definition) is 12. The van der Waals surface area contributed by atoms with Gasteiger partial charge in [0.25, 0.3) is 0 Å². The molecule has 2 aromatic rings. The van der Waals surface area contributed by atoms with Crippen molar-refractivity contribution in [3.63, 3.8) is 0 Å². The fraction of sp³-hybridized carbons (Fsp3) is 0.481. The number of ether oxygens (including phenoxy) is 2. The molecule has 0 aliphatic carbocycles. The number of nitrogens with two attached hydrogens (primary N) is 1. The summed E-state index contributed by atoms with van der Waals surface area (Å²) < 4.78 is 10.2. The number of aliphatic hydroxyl groups is 2. The van der Waals surface area contributed by atoms with E-state index in [9.17, 15) is 19.2 Å². The molecule has 2 heterocycles. The quantitative estimate of drug-likeness (QED) is 0.187. The smallest absolute Gasteiger partial charge is 0.409 e. The van der Waals surface area contributed by atoms with E-state index in [-0.39, 0.29) is 18.5 Å². The highest BCUT2D eigenvalue weighted by Gasteiger charge is 2.29. The Bertz CT molecular complexity index is 1190. The van der Waals surface area contributed by atoms with E-state index < -0.39 is 24.1 Å². The van der Waals surface area contributed by atoms with Gasteiger partial charge in [0.15, 0.2) is 12.2 Å². The number of carboxylic acid groups (broad SMARTS) is 2. The number of carbonyl (C=O) groups is 4. The zero-order valence-corrected chi connectivity index (χ0v) is 24.0. The lowest BCUT2D eigenvalue weighted by Crippen LogP contribution is -2.49. The Kier molecular flexibility index (Phi) is 14.2. The SMILES string of the molecule is COCCCOC(=O)N1CCN(c2ncc(-c3cccc(CN(C)C(=O)CN)c3)cn2)CC1.O=C(O)C(O)C(O)C(=O)O. The van der Waals surface area contributed by atoms with E-state index in [1.54, 1.807) is 36.4 Å². The van der Waals surface area contributed by atoms with Crippen LogP contribution in [-0.2, 0) is 30.4 Å². The van der Waals surface area contributed by atoms with Crippen LogP contribution in [0, 0.1) is 0 Å². The van der Waals surface area contributed by atoms with Gasteiger partial charge in [-0.25, -0.2) is 24.4 Å². The molecule has 1 aliphatic heterocycles. The first-order valence-corrected chi connectivity index (χ1v) is 13.3. The summed E-state index contributed by atoms with van der Waals surface area (Å²) in [7, 11) is 3.36. The summed E-state index contributed by atoms with van der Waals surface area (Å²) in [5.41, 5.74) is 8.31. The molecule has 0 saturated carbocycles. The Hall–Kier alpha value is -4.38. The predicted octanol–water partition coefficient (Wildman–Crippen LogP) is -0.767. The summed E-state index contributed by atoms with van der Waals surface area (Å²) in [6.07, 6.45) is -0.539. The first kappa shape index (κ1) is 34.8. The van der Waals surface area contributed by atoms with Crippen molar-refractivity contribution in [3.8, 4) is 11.1 Å². The summed E-state index contributed by atoms with van der Waals surface area (Å²) in [6, 6.07) is 7.94. The number of amides is 2. The van der Waals surface area contributed by atoms with Gasteiger partial charge in [0, 0.05) is 77.9 Å². The Labute approximate surface area is 248 Å². The second-order valence-electron chi connectivity index (χ2n) is 9.43. The van der Waals surface area contributed by atoms with Crippen LogP contribution >= 0.6 is 0 Å². The van der Waals surface area contributed by atoms with Crippen LogP contribution in [0.2, 0.25) is 0 Å². The van der Waals surface area contributed by atoms with Crippen LogP contribution in [0.3, 0.4) is 0 Å². The van der Waals surface area contributed by atoms with Crippen molar-refractivity contribution in [1.82, 2.24) is 19.8 Å². The number of aliphatic hydroxyl groups excluding tert-OH is 2. The third-order valence-electron chi connectivity index (χ3n) is 6.26. The highest BCUT2D eigenvalue weighted by Crippen LogP contribution is 2.21. The lowest BCUT2D eigenvalue weighted by Gasteiger charge is -2.34. The average molecular weight is 607 g/mol. The molecule has 3 rings (SSSR count). The number of aromatic nitrogens is 2. The lowest BCUT2D eigenvalue weighted by molar-refractivity contribution is -0.165. The molecular formula is C27H38N6O10. The van der Waals surface area contributed by atoms with Crippen LogP contribution in [0.1, 0.15) is 12.0 Å². The Morgan fingerprint density at radius 2 is 1.58 bits per heavy atom. The fourth-order valence-corrected chi connectivity index (χ4v) is 3.81. The summed E-state index contributed by atoms with van der Waals surface area (Å²) in [5, 5.41) is 32.5. The summed E-state index contributed by atoms with van der Waals surface area (Å²) in [4.78, 5) is 57.9. The van der Waals surface area contributed by atoms with Crippen molar-refractivity contribution < 1.29 is 49.1 Å². The molecule has 43 heavy (non-hydrogen) atoms. The lowest BCUT2D eigenvalue weighted by atomic mass is 10.1. The van der Waals surface area contributed by atoms with Crippen LogP contribution in [0.5, 0.6) is 0 Å². The zero-order valence-electron chi connectivity index (χ0n) is 24.0. The largest absolute Gasteiger partial charge is 0.479 e. The highest BCUT2D eigenvalue weighted by molar-refractivity contribution is 5.83. The van der Waals surface area contributed by atoms with Gasteiger partial charge in [-0.3, -0.25) is 4.79 Å². The maximum absolute atomic E-state index is 12.1. The number of carboxylic acids is 2. The van der Waals surface area contributed by atoms with Crippen molar-refractivity contribution in [3.05, 3.63) is 42.2 Å². The normalized spacial score (nSPS) is 14.2. The minimum absolute atomic E-state index is 0.00464. The molecular weight excluding hydrogens is 568 g/mol. The van der Waals surface area contributed by atoms with E-state index >= 15 is 0 Å². The molecule has 236 valence electrons. The number of nitrogens with zero attached hydrogens (tertiary/aromatic N) is 5. The first-order valence-electron chi connectivity index (χ1n) is 13.3. The highest BCUT2D eigenvalue weighted by atomic mass is 16.6. The molecule has 2 unspecified atom stereocenters. The first-order chi connectivity index (χ1) is 20.5. The van der Waals surface area contributed by atoms with Crippen molar-refractivity contribution in [2.45, 2.75) is 25.2 Å². The molecule has 1 saturated heterocycles. The van der Waals surface area contributed by atoms with Gasteiger partial charge >= 0.3 is 18.0 Å². The van der Waals surface area contributed by atoms with E-state index in [4.69, 9.17) is 35.6 Å². The minimum Gasteiger partial charge on any atom is -0.479 e. The van der Waals surface area contributed by atoms with Crippen molar-refractivity contribution >= 4 is 29.9 Å². The van der Waals surface area contributed by atoms with E-state index in [0.29, 0.717) is 58.3 Å². The maximum atomic E-state index is 12.1. The minimum atomic E-state index is -2.27. The van der Waals surface area contributed by atoms with Crippen LogP contribution < -0.4 is 10.6 Å². The van der Waals surface area contributed by atoms with E-state index in [2.05, 4.69) is 14.9 Å².